The van der Waals surface area contributed by atoms with Gasteiger partial charge in [0.25, 0.3) is 0 Å². The molecular formula is C15H18N4O2S. The minimum atomic E-state index is -0.126. The first-order chi connectivity index (χ1) is 10.6. The molecule has 7 heteroatoms. The van der Waals surface area contributed by atoms with Crippen molar-refractivity contribution in [3.05, 3.63) is 35.6 Å². The third-order valence-electron chi connectivity index (χ3n) is 2.91. The van der Waals surface area contributed by atoms with Gasteiger partial charge in [0.15, 0.2) is 0 Å². The molecular weight excluding hydrogens is 300 g/mol. The molecule has 0 unspecified atom stereocenters. The van der Waals surface area contributed by atoms with Gasteiger partial charge in [-0.2, -0.15) is 0 Å². The Labute approximate surface area is 133 Å². The smallest absolute Gasteiger partial charge is 0.221 e. The van der Waals surface area contributed by atoms with Gasteiger partial charge in [-0.15, -0.1) is 11.3 Å². The fourth-order valence-corrected chi connectivity index (χ4v) is 2.68. The minimum Gasteiger partial charge on any atom is -0.356 e. The van der Waals surface area contributed by atoms with Crippen molar-refractivity contribution in [2.45, 2.75) is 19.8 Å². The molecule has 6 nitrogen and oxygen atoms in total. The van der Waals surface area contributed by atoms with Crippen molar-refractivity contribution in [3.8, 4) is 10.6 Å². The largest absolute Gasteiger partial charge is 0.356 e. The zero-order valence-electron chi connectivity index (χ0n) is 12.3. The molecule has 0 saturated carbocycles. The van der Waals surface area contributed by atoms with Crippen LogP contribution in [0.1, 0.15) is 19.0 Å². The lowest BCUT2D eigenvalue weighted by Crippen LogP contribution is -2.30. The number of hydrogen-bond acceptors (Lipinski definition) is 5. The fraction of sp³-hybridized carbons (Fsp3) is 0.333. The Morgan fingerprint density at radius 1 is 1.18 bits per heavy atom. The number of amides is 2. The molecule has 0 saturated heterocycles. The van der Waals surface area contributed by atoms with Gasteiger partial charge < -0.3 is 10.6 Å². The summed E-state index contributed by atoms with van der Waals surface area (Å²) in [4.78, 5) is 30.8. The van der Waals surface area contributed by atoms with E-state index in [0.717, 1.165) is 16.3 Å². The van der Waals surface area contributed by atoms with Gasteiger partial charge in [0.2, 0.25) is 11.8 Å². The van der Waals surface area contributed by atoms with E-state index in [9.17, 15) is 9.59 Å². The van der Waals surface area contributed by atoms with Crippen molar-refractivity contribution < 1.29 is 9.59 Å². The van der Waals surface area contributed by atoms with Crippen LogP contribution in [-0.4, -0.2) is 34.9 Å². The molecule has 2 rings (SSSR count). The van der Waals surface area contributed by atoms with Crippen LogP contribution >= 0.6 is 11.3 Å². The molecule has 0 radical (unpaired) electrons. The number of nitrogens with zero attached hydrogens (tertiary/aromatic N) is 2. The lowest BCUT2D eigenvalue weighted by Gasteiger charge is -2.04. The highest BCUT2D eigenvalue weighted by Gasteiger charge is 2.05. The van der Waals surface area contributed by atoms with Crippen molar-refractivity contribution in [3.63, 3.8) is 0 Å². The summed E-state index contributed by atoms with van der Waals surface area (Å²) in [5.41, 5.74) is 2.00. The summed E-state index contributed by atoms with van der Waals surface area (Å²) in [5, 5.41) is 8.36. The second kappa shape index (κ2) is 8.23. The van der Waals surface area contributed by atoms with Gasteiger partial charge in [0.1, 0.15) is 5.01 Å². The van der Waals surface area contributed by atoms with Gasteiger partial charge in [0, 0.05) is 56.2 Å². The second-order valence-corrected chi connectivity index (χ2v) is 5.57. The van der Waals surface area contributed by atoms with Crippen molar-refractivity contribution in [1.82, 2.24) is 20.6 Å². The number of hydrogen-bond donors (Lipinski definition) is 2. The Kier molecular flexibility index (Phi) is 6.02. The maximum atomic E-state index is 11.6. The monoisotopic (exact) mass is 318 g/mol. The minimum absolute atomic E-state index is 0.0710. The van der Waals surface area contributed by atoms with E-state index < -0.39 is 0 Å². The second-order valence-electron chi connectivity index (χ2n) is 4.71. The van der Waals surface area contributed by atoms with E-state index in [2.05, 4.69) is 20.6 Å². The molecule has 2 heterocycles. The first kappa shape index (κ1) is 16.1. The fourth-order valence-electron chi connectivity index (χ4n) is 1.82. The van der Waals surface area contributed by atoms with Crippen LogP contribution in [0, 0.1) is 0 Å². The zero-order valence-corrected chi connectivity index (χ0v) is 13.2. The molecule has 2 aromatic heterocycles. The van der Waals surface area contributed by atoms with Crippen LogP contribution in [0.25, 0.3) is 10.6 Å². The van der Waals surface area contributed by atoms with Crippen molar-refractivity contribution >= 4 is 23.2 Å². The molecule has 116 valence electrons. The van der Waals surface area contributed by atoms with Gasteiger partial charge in [-0.05, 0) is 12.1 Å². The SMILES string of the molecule is CC(=O)NCCC(=O)NCCc1csc(-c2ccncc2)n1. The average molecular weight is 318 g/mol. The van der Waals surface area contributed by atoms with E-state index >= 15 is 0 Å². The summed E-state index contributed by atoms with van der Waals surface area (Å²) < 4.78 is 0. The van der Waals surface area contributed by atoms with Crippen LogP contribution < -0.4 is 10.6 Å². The molecule has 0 fully saturated rings. The van der Waals surface area contributed by atoms with Gasteiger partial charge in [-0.1, -0.05) is 0 Å². The van der Waals surface area contributed by atoms with Crippen LogP contribution in [0.15, 0.2) is 29.9 Å². The molecule has 2 aromatic rings. The van der Waals surface area contributed by atoms with Crippen molar-refractivity contribution in [2.75, 3.05) is 13.1 Å². The number of pyridine rings is 1. The summed E-state index contributed by atoms with van der Waals surface area (Å²) in [6.45, 7) is 2.34. The maximum absolute atomic E-state index is 11.6. The molecule has 2 amide bonds. The maximum Gasteiger partial charge on any atom is 0.221 e. The third-order valence-corrected chi connectivity index (χ3v) is 3.85. The van der Waals surface area contributed by atoms with Crippen LogP contribution in [0.4, 0.5) is 0 Å². The number of thiazole rings is 1. The summed E-state index contributed by atoms with van der Waals surface area (Å²) in [7, 11) is 0. The quantitative estimate of drug-likeness (QED) is 0.808. The molecule has 2 N–H and O–H groups in total. The van der Waals surface area contributed by atoms with Crippen LogP contribution in [-0.2, 0) is 16.0 Å². The lowest BCUT2D eigenvalue weighted by molar-refractivity contribution is -0.121. The van der Waals surface area contributed by atoms with E-state index in [1.807, 2.05) is 17.5 Å². The third kappa shape index (κ3) is 5.25. The molecule has 0 aliphatic carbocycles. The average Bonchev–Trinajstić information content (AvgIpc) is 2.97. The summed E-state index contributed by atoms with van der Waals surface area (Å²) in [6, 6.07) is 3.85. The number of aromatic nitrogens is 2. The number of rotatable bonds is 7. The molecule has 0 atom stereocenters. The summed E-state index contributed by atoms with van der Waals surface area (Å²) >= 11 is 1.58. The Balaban J connectivity index is 1.73. The van der Waals surface area contributed by atoms with Crippen LogP contribution in [0.3, 0.4) is 0 Å². The summed E-state index contributed by atoms with van der Waals surface area (Å²) in [5.74, 6) is -0.197. The van der Waals surface area contributed by atoms with Gasteiger partial charge in [-0.3, -0.25) is 14.6 Å². The lowest BCUT2D eigenvalue weighted by atomic mass is 10.3. The van der Waals surface area contributed by atoms with Crippen LogP contribution in [0.5, 0.6) is 0 Å². The first-order valence-electron chi connectivity index (χ1n) is 7.01. The standard InChI is InChI=1S/C15H18N4O2S/c1-11(20)17-9-5-14(21)18-8-4-13-10-22-15(19-13)12-2-6-16-7-3-12/h2-3,6-7,10H,4-5,8-9H2,1H3,(H,17,20)(H,18,21). The van der Waals surface area contributed by atoms with Crippen molar-refractivity contribution in [1.29, 1.82) is 0 Å². The van der Waals surface area contributed by atoms with Crippen molar-refractivity contribution in [2.24, 2.45) is 0 Å². The number of carbonyl (C=O) groups excluding carboxylic acids is 2. The Bertz CT molecular complexity index is 627. The number of carbonyl (C=O) groups is 2. The normalized spacial score (nSPS) is 10.2. The molecule has 0 aliphatic rings. The predicted molar refractivity (Wildman–Crippen MR) is 85.4 cm³/mol. The van der Waals surface area contributed by atoms with Crippen LogP contribution in [0.2, 0.25) is 0 Å². The highest BCUT2D eigenvalue weighted by molar-refractivity contribution is 7.13. The summed E-state index contributed by atoms with van der Waals surface area (Å²) in [6.07, 6.45) is 4.46. The molecule has 0 spiro atoms. The Morgan fingerprint density at radius 3 is 2.68 bits per heavy atom. The van der Waals surface area contributed by atoms with E-state index in [-0.39, 0.29) is 11.8 Å². The van der Waals surface area contributed by atoms with E-state index in [0.29, 0.717) is 25.9 Å². The molecule has 22 heavy (non-hydrogen) atoms. The molecule has 0 bridgehead atoms. The van der Waals surface area contributed by atoms with Gasteiger partial charge >= 0.3 is 0 Å². The first-order valence-corrected chi connectivity index (χ1v) is 7.89. The van der Waals surface area contributed by atoms with Gasteiger partial charge in [0.05, 0.1) is 5.69 Å². The zero-order chi connectivity index (χ0) is 15.8. The molecule has 0 aliphatic heterocycles. The van der Waals surface area contributed by atoms with E-state index in [4.69, 9.17) is 0 Å². The highest BCUT2D eigenvalue weighted by atomic mass is 32.1. The predicted octanol–water partition coefficient (Wildman–Crippen LogP) is 1.39. The van der Waals surface area contributed by atoms with E-state index in [1.165, 1.54) is 6.92 Å². The van der Waals surface area contributed by atoms with E-state index in [1.54, 1.807) is 23.7 Å². The van der Waals surface area contributed by atoms with Gasteiger partial charge in [-0.25, -0.2) is 4.98 Å². The Morgan fingerprint density at radius 2 is 1.95 bits per heavy atom. The Hall–Kier alpha value is -2.28. The molecule has 0 aromatic carbocycles. The highest BCUT2D eigenvalue weighted by Crippen LogP contribution is 2.22. The topological polar surface area (TPSA) is 84.0 Å². The number of nitrogens with one attached hydrogen (secondary N) is 2.